The predicted molar refractivity (Wildman–Crippen MR) is 323 cm³/mol. The Morgan fingerprint density at radius 3 is 1.19 bits per heavy atom. The van der Waals surface area contributed by atoms with E-state index in [2.05, 4.69) is 31.3 Å². The van der Waals surface area contributed by atoms with Crippen molar-refractivity contribution in [3.63, 3.8) is 0 Å². The van der Waals surface area contributed by atoms with Gasteiger partial charge in [0.15, 0.2) is 12.6 Å². The van der Waals surface area contributed by atoms with Crippen molar-refractivity contribution < 1.29 is 64.6 Å². The molecule has 2 fully saturated rings. The van der Waals surface area contributed by atoms with Gasteiger partial charge in [0.1, 0.15) is 48.8 Å². The molecule has 0 saturated carbocycles. The standard InChI is InChI=1S/C66H127NO13/c1-3-5-7-9-11-13-15-17-19-20-21-22-23-24-25-26-27-28-29-30-31-32-33-34-36-38-40-42-44-46-48-50-58(71)67-54(55(70)49-47-45-43-41-39-37-35-18-16-14-12-10-8-6-4-2)53-77-65-63(76)61(74)64(57(52-69)79-65)80-66-62(75)60(73)59(72)56(51-68)78-66/h20-21,54-57,59-66,68-70,72-76H,3-19,22-53H2,1-2H3,(H,67,71)/b21-20-. The van der Waals surface area contributed by atoms with E-state index in [1.807, 2.05) is 0 Å². The molecule has 9 N–H and O–H groups in total. The van der Waals surface area contributed by atoms with E-state index in [0.29, 0.717) is 12.8 Å². The number of ether oxygens (including phenoxy) is 4. The highest BCUT2D eigenvalue weighted by Gasteiger charge is 2.51. The molecule has 2 aliphatic rings. The highest BCUT2D eigenvalue weighted by molar-refractivity contribution is 5.76. The normalized spacial score (nSPS) is 24.2. The molecular formula is C66H127NO13. The van der Waals surface area contributed by atoms with Crippen LogP contribution in [0.3, 0.4) is 0 Å². The first-order valence-corrected chi connectivity index (χ1v) is 33.9. The van der Waals surface area contributed by atoms with E-state index in [-0.39, 0.29) is 12.5 Å². The Bertz CT molecular complexity index is 1390. The molecule has 2 rings (SSSR count). The zero-order chi connectivity index (χ0) is 58.1. The van der Waals surface area contributed by atoms with Crippen molar-refractivity contribution in [1.82, 2.24) is 5.32 Å². The number of nitrogens with one attached hydrogen (secondary N) is 1. The van der Waals surface area contributed by atoms with Gasteiger partial charge >= 0.3 is 0 Å². The van der Waals surface area contributed by atoms with E-state index in [9.17, 15) is 45.6 Å². The Labute approximate surface area is 488 Å². The van der Waals surface area contributed by atoms with Crippen molar-refractivity contribution in [2.24, 2.45) is 0 Å². The van der Waals surface area contributed by atoms with E-state index in [1.54, 1.807) is 0 Å². The van der Waals surface area contributed by atoms with Crippen LogP contribution < -0.4 is 5.32 Å². The Hall–Kier alpha value is -1.27. The lowest BCUT2D eigenvalue weighted by molar-refractivity contribution is -0.359. The third-order valence-electron chi connectivity index (χ3n) is 17.0. The topological polar surface area (TPSA) is 228 Å². The van der Waals surface area contributed by atoms with Crippen LogP contribution in [0.4, 0.5) is 0 Å². The summed E-state index contributed by atoms with van der Waals surface area (Å²) < 4.78 is 22.9. The number of rotatable bonds is 56. The number of allylic oxidation sites excluding steroid dienone is 2. The lowest BCUT2D eigenvalue weighted by Gasteiger charge is -2.46. The van der Waals surface area contributed by atoms with Gasteiger partial charge in [-0.15, -0.1) is 0 Å². The van der Waals surface area contributed by atoms with Crippen LogP contribution in [0.25, 0.3) is 0 Å². The van der Waals surface area contributed by atoms with E-state index >= 15 is 0 Å². The number of hydrogen-bond acceptors (Lipinski definition) is 13. The van der Waals surface area contributed by atoms with Gasteiger partial charge in [0.2, 0.25) is 5.91 Å². The van der Waals surface area contributed by atoms with Crippen LogP contribution in [0.1, 0.15) is 309 Å². The first kappa shape index (κ1) is 74.8. The Balaban J connectivity index is 1.63. The van der Waals surface area contributed by atoms with Crippen LogP contribution >= 0.6 is 0 Å². The summed E-state index contributed by atoms with van der Waals surface area (Å²) >= 11 is 0. The SMILES string of the molecule is CCCCCCCCCC/C=C\CCCCCCCCCCCCCCCCCCCCCC(=O)NC(COC1OC(CO)C(OC2OC(CO)C(O)C(O)C2O)C(O)C1O)C(O)CCCCCCCCCCCCCCCCC. The molecule has 12 unspecified atom stereocenters. The van der Waals surface area contributed by atoms with Crippen LogP contribution in [0.2, 0.25) is 0 Å². The minimum absolute atomic E-state index is 0.200. The molecule has 2 saturated heterocycles. The highest BCUT2D eigenvalue weighted by atomic mass is 16.7. The highest BCUT2D eigenvalue weighted by Crippen LogP contribution is 2.30. The maximum Gasteiger partial charge on any atom is 0.220 e. The van der Waals surface area contributed by atoms with E-state index in [4.69, 9.17) is 18.9 Å². The second kappa shape index (κ2) is 52.1. The number of amides is 1. The van der Waals surface area contributed by atoms with Crippen molar-refractivity contribution in [2.45, 2.75) is 383 Å². The first-order valence-electron chi connectivity index (χ1n) is 33.9. The van der Waals surface area contributed by atoms with Crippen molar-refractivity contribution in [3.05, 3.63) is 12.2 Å². The summed E-state index contributed by atoms with van der Waals surface area (Å²) in [5.41, 5.74) is 0. The molecule has 0 aliphatic carbocycles. The van der Waals surface area contributed by atoms with Gasteiger partial charge in [0.05, 0.1) is 32.0 Å². The molecule has 0 spiro atoms. The lowest BCUT2D eigenvalue weighted by atomic mass is 9.97. The Kier molecular flexibility index (Phi) is 48.7. The zero-order valence-electron chi connectivity index (χ0n) is 51.4. The lowest BCUT2D eigenvalue weighted by Crippen LogP contribution is -2.65. The molecule has 12 atom stereocenters. The van der Waals surface area contributed by atoms with Crippen LogP contribution in [0, 0.1) is 0 Å². The van der Waals surface area contributed by atoms with Gasteiger partial charge in [0.25, 0.3) is 0 Å². The summed E-state index contributed by atoms with van der Waals surface area (Å²) in [6.45, 7) is 2.90. The van der Waals surface area contributed by atoms with Gasteiger partial charge in [-0.1, -0.05) is 276 Å². The summed E-state index contributed by atoms with van der Waals surface area (Å²) in [5, 5.41) is 87.4. The summed E-state index contributed by atoms with van der Waals surface area (Å²) in [6, 6.07) is -0.825. The average Bonchev–Trinajstić information content (AvgIpc) is 3.46. The smallest absolute Gasteiger partial charge is 0.220 e. The average molecular weight is 1140 g/mol. The van der Waals surface area contributed by atoms with Crippen LogP contribution in [0.15, 0.2) is 12.2 Å². The minimum Gasteiger partial charge on any atom is -0.394 e. The fourth-order valence-electron chi connectivity index (χ4n) is 11.5. The van der Waals surface area contributed by atoms with Gasteiger partial charge in [0, 0.05) is 6.42 Å². The maximum atomic E-state index is 13.3. The quantitative estimate of drug-likeness (QED) is 0.0204. The third-order valence-corrected chi connectivity index (χ3v) is 17.0. The van der Waals surface area contributed by atoms with Crippen molar-refractivity contribution in [2.75, 3.05) is 19.8 Å². The van der Waals surface area contributed by atoms with Crippen LogP contribution in [-0.4, -0.2) is 140 Å². The molecule has 1 amide bonds. The van der Waals surface area contributed by atoms with E-state index in [0.717, 1.165) is 51.4 Å². The van der Waals surface area contributed by atoms with E-state index < -0.39 is 86.8 Å². The summed E-state index contributed by atoms with van der Waals surface area (Å²) in [6.07, 6.45) is 45.2. The molecule has 14 heteroatoms. The molecule has 0 bridgehead atoms. The number of hydrogen-bond donors (Lipinski definition) is 9. The fraction of sp³-hybridized carbons (Fsp3) is 0.955. The van der Waals surface area contributed by atoms with Crippen molar-refractivity contribution in [3.8, 4) is 0 Å². The van der Waals surface area contributed by atoms with Gasteiger partial charge in [-0.2, -0.15) is 0 Å². The van der Waals surface area contributed by atoms with Gasteiger partial charge in [-0.05, 0) is 38.5 Å². The van der Waals surface area contributed by atoms with E-state index in [1.165, 1.54) is 231 Å². The summed E-state index contributed by atoms with van der Waals surface area (Å²) in [7, 11) is 0. The van der Waals surface area contributed by atoms with Crippen molar-refractivity contribution >= 4 is 5.91 Å². The Morgan fingerprint density at radius 1 is 0.438 bits per heavy atom. The molecule has 0 aromatic heterocycles. The number of unbranched alkanes of at least 4 members (excludes halogenated alkanes) is 41. The van der Waals surface area contributed by atoms with Gasteiger partial charge in [-0.25, -0.2) is 0 Å². The molecule has 2 aliphatic heterocycles. The summed E-state index contributed by atoms with van der Waals surface area (Å²) in [4.78, 5) is 13.3. The molecule has 0 aromatic rings. The Morgan fingerprint density at radius 2 is 0.787 bits per heavy atom. The predicted octanol–water partition coefficient (Wildman–Crippen LogP) is 13.0. The summed E-state index contributed by atoms with van der Waals surface area (Å²) in [5.74, 6) is -0.200. The third kappa shape index (κ3) is 36.5. The zero-order valence-corrected chi connectivity index (χ0v) is 51.4. The van der Waals surface area contributed by atoms with Crippen molar-refractivity contribution in [1.29, 1.82) is 0 Å². The molecule has 2 heterocycles. The van der Waals surface area contributed by atoms with Gasteiger partial charge < -0.3 is 65.1 Å². The largest absolute Gasteiger partial charge is 0.394 e. The van der Waals surface area contributed by atoms with Gasteiger partial charge in [-0.3, -0.25) is 4.79 Å². The fourth-order valence-corrected chi connectivity index (χ4v) is 11.5. The molecule has 0 radical (unpaired) electrons. The second-order valence-electron chi connectivity index (χ2n) is 24.3. The molecule has 474 valence electrons. The minimum atomic E-state index is -1.78. The molecular weight excluding hydrogens is 1010 g/mol. The first-order chi connectivity index (χ1) is 39.1. The van der Waals surface area contributed by atoms with Crippen LogP contribution in [0.5, 0.6) is 0 Å². The molecule has 0 aromatic carbocycles. The number of carbonyl (C=O) groups excluding carboxylic acids is 1. The number of carbonyl (C=O) groups is 1. The van der Waals surface area contributed by atoms with Crippen LogP contribution in [-0.2, 0) is 23.7 Å². The number of aliphatic hydroxyl groups is 8. The monoisotopic (exact) mass is 1140 g/mol. The molecule has 80 heavy (non-hydrogen) atoms. The maximum absolute atomic E-state index is 13.3. The number of aliphatic hydroxyl groups excluding tert-OH is 8. The molecule has 14 nitrogen and oxygen atoms in total. The second-order valence-corrected chi connectivity index (χ2v) is 24.3.